The van der Waals surface area contributed by atoms with Crippen molar-refractivity contribution in [2.45, 2.75) is 6.04 Å². The number of carbonyl (C=O) groups excluding carboxylic acids is 1. The SMILES string of the molecule is NC(=O)C(Nc1cccc(F)c1)c1ccc(Cl)cc1F. The average molecular weight is 297 g/mol. The van der Waals surface area contributed by atoms with Gasteiger partial charge in [0.15, 0.2) is 0 Å². The highest BCUT2D eigenvalue weighted by atomic mass is 35.5. The van der Waals surface area contributed by atoms with Gasteiger partial charge < -0.3 is 11.1 Å². The number of carbonyl (C=O) groups is 1. The first kappa shape index (κ1) is 14.3. The fraction of sp³-hybridized carbons (Fsp3) is 0.0714. The van der Waals surface area contributed by atoms with Gasteiger partial charge >= 0.3 is 0 Å². The van der Waals surface area contributed by atoms with Gasteiger partial charge in [-0.2, -0.15) is 0 Å². The third-order valence-electron chi connectivity index (χ3n) is 2.69. The molecule has 6 heteroatoms. The molecule has 0 fully saturated rings. The van der Waals surface area contributed by atoms with Crippen molar-refractivity contribution in [3.8, 4) is 0 Å². The van der Waals surface area contributed by atoms with E-state index in [0.29, 0.717) is 5.69 Å². The number of primary amides is 1. The van der Waals surface area contributed by atoms with Crippen molar-refractivity contribution in [3.05, 3.63) is 64.7 Å². The molecule has 0 radical (unpaired) electrons. The summed E-state index contributed by atoms with van der Waals surface area (Å²) in [5.41, 5.74) is 5.64. The van der Waals surface area contributed by atoms with Crippen LogP contribution in [-0.4, -0.2) is 5.91 Å². The van der Waals surface area contributed by atoms with Crippen molar-refractivity contribution in [2.24, 2.45) is 5.73 Å². The van der Waals surface area contributed by atoms with Crippen molar-refractivity contribution in [1.29, 1.82) is 0 Å². The van der Waals surface area contributed by atoms with E-state index in [1.54, 1.807) is 6.07 Å². The lowest BCUT2D eigenvalue weighted by Gasteiger charge is -2.18. The van der Waals surface area contributed by atoms with Crippen LogP contribution in [0.5, 0.6) is 0 Å². The van der Waals surface area contributed by atoms with E-state index in [4.69, 9.17) is 17.3 Å². The van der Waals surface area contributed by atoms with Crippen LogP contribution in [0, 0.1) is 11.6 Å². The highest BCUT2D eigenvalue weighted by Crippen LogP contribution is 2.24. The molecule has 3 nitrogen and oxygen atoms in total. The Morgan fingerprint density at radius 3 is 2.55 bits per heavy atom. The number of rotatable bonds is 4. The number of halogens is 3. The summed E-state index contributed by atoms with van der Waals surface area (Å²) in [7, 11) is 0. The van der Waals surface area contributed by atoms with E-state index >= 15 is 0 Å². The van der Waals surface area contributed by atoms with E-state index < -0.39 is 23.6 Å². The van der Waals surface area contributed by atoms with E-state index in [0.717, 1.165) is 6.07 Å². The molecule has 0 saturated heterocycles. The fourth-order valence-electron chi connectivity index (χ4n) is 1.78. The lowest BCUT2D eigenvalue weighted by molar-refractivity contribution is -0.118. The number of hydrogen-bond acceptors (Lipinski definition) is 2. The molecule has 0 saturated carbocycles. The topological polar surface area (TPSA) is 55.1 Å². The summed E-state index contributed by atoms with van der Waals surface area (Å²) in [6.45, 7) is 0. The zero-order valence-electron chi connectivity index (χ0n) is 10.2. The smallest absolute Gasteiger partial charge is 0.244 e. The second-order valence-corrected chi connectivity index (χ2v) is 4.59. The first-order valence-electron chi connectivity index (χ1n) is 5.74. The number of nitrogens with two attached hydrogens (primary N) is 1. The van der Waals surface area contributed by atoms with Gasteiger partial charge in [-0.1, -0.05) is 23.7 Å². The molecule has 3 N–H and O–H groups in total. The molecular weight excluding hydrogens is 286 g/mol. The standard InChI is InChI=1S/C14H11ClF2N2O/c15-8-4-5-11(12(17)6-8)13(14(18)20)19-10-3-1-2-9(16)7-10/h1-7,13,19H,(H2,18,20). The van der Waals surface area contributed by atoms with Crippen molar-refractivity contribution in [3.63, 3.8) is 0 Å². The Hall–Kier alpha value is -2.14. The van der Waals surface area contributed by atoms with E-state index in [1.807, 2.05) is 0 Å². The van der Waals surface area contributed by atoms with Crippen LogP contribution in [0.2, 0.25) is 5.02 Å². The Morgan fingerprint density at radius 2 is 1.95 bits per heavy atom. The maximum atomic E-state index is 13.8. The van der Waals surface area contributed by atoms with Crippen LogP contribution < -0.4 is 11.1 Å². The van der Waals surface area contributed by atoms with Gasteiger partial charge in [0.05, 0.1) is 0 Å². The Bertz CT molecular complexity index is 649. The minimum atomic E-state index is -1.12. The molecule has 0 aliphatic carbocycles. The summed E-state index contributed by atoms with van der Waals surface area (Å²) >= 11 is 5.66. The maximum Gasteiger partial charge on any atom is 0.244 e. The van der Waals surface area contributed by atoms with Crippen LogP contribution >= 0.6 is 11.6 Å². The average Bonchev–Trinajstić information content (AvgIpc) is 2.36. The third-order valence-corrected chi connectivity index (χ3v) is 2.93. The zero-order valence-corrected chi connectivity index (χ0v) is 11.0. The van der Waals surface area contributed by atoms with Crippen molar-refractivity contribution in [2.75, 3.05) is 5.32 Å². The normalized spacial score (nSPS) is 11.9. The van der Waals surface area contributed by atoms with E-state index in [9.17, 15) is 13.6 Å². The van der Waals surface area contributed by atoms with Crippen LogP contribution in [0.1, 0.15) is 11.6 Å². The second-order valence-electron chi connectivity index (χ2n) is 4.16. The van der Waals surface area contributed by atoms with Crippen LogP contribution in [0.15, 0.2) is 42.5 Å². The van der Waals surface area contributed by atoms with Gasteiger partial charge in [0.2, 0.25) is 5.91 Å². The van der Waals surface area contributed by atoms with E-state index in [1.165, 1.54) is 30.3 Å². The molecule has 1 unspecified atom stereocenters. The lowest BCUT2D eigenvalue weighted by Crippen LogP contribution is -2.28. The molecule has 0 aliphatic heterocycles. The number of anilines is 1. The molecule has 2 rings (SSSR count). The van der Waals surface area contributed by atoms with Gasteiger partial charge in [0, 0.05) is 16.3 Å². The predicted octanol–water partition coefficient (Wildman–Crippen LogP) is 3.26. The molecule has 0 spiro atoms. The molecule has 104 valence electrons. The molecule has 1 amide bonds. The minimum absolute atomic E-state index is 0.0474. The number of amides is 1. The molecule has 0 heterocycles. The number of nitrogens with one attached hydrogen (secondary N) is 1. The minimum Gasteiger partial charge on any atom is -0.370 e. The van der Waals surface area contributed by atoms with Gasteiger partial charge in [-0.3, -0.25) is 4.79 Å². The second kappa shape index (κ2) is 5.88. The van der Waals surface area contributed by atoms with Crippen LogP contribution in [-0.2, 0) is 4.79 Å². The van der Waals surface area contributed by atoms with Crippen molar-refractivity contribution < 1.29 is 13.6 Å². The molecular formula is C14H11ClF2N2O. The fourth-order valence-corrected chi connectivity index (χ4v) is 1.94. The molecule has 0 bridgehead atoms. The first-order chi connectivity index (χ1) is 9.47. The molecule has 0 aliphatic rings. The Balaban J connectivity index is 2.34. The molecule has 2 aromatic rings. The summed E-state index contributed by atoms with van der Waals surface area (Å²) in [5.74, 6) is -1.92. The van der Waals surface area contributed by atoms with Gasteiger partial charge in [-0.05, 0) is 30.3 Å². The van der Waals surface area contributed by atoms with Crippen molar-refractivity contribution in [1.82, 2.24) is 0 Å². The predicted molar refractivity (Wildman–Crippen MR) is 73.4 cm³/mol. The van der Waals surface area contributed by atoms with Gasteiger partial charge in [0.1, 0.15) is 17.7 Å². The van der Waals surface area contributed by atoms with Gasteiger partial charge in [0.25, 0.3) is 0 Å². The van der Waals surface area contributed by atoms with Gasteiger partial charge in [-0.25, -0.2) is 8.78 Å². The number of benzene rings is 2. The lowest BCUT2D eigenvalue weighted by atomic mass is 10.1. The number of hydrogen-bond donors (Lipinski definition) is 2. The summed E-state index contributed by atoms with van der Waals surface area (Å²) in [4.78, 5) is 11.5. The Labute approximate surface area is 119 Å². The highest BCUT2D eigenvalue weighted by Gasteiger charge is 2.21. The summed E-state index contributed by atoms with van der Waals surface area (Å²) < 4.78 is 26.9. The summed E-state index contributed by atoms with van der Waals surface area (Å²) in [6.07, 6.45) is 0. The van der Waals surface area contributed by atoms with Crippen molar-refractivity contribution >= 4 is 23.2 Å². The molecule has 0 aromatic heterocycles. The first-order valence-corrected chi connectivity index (χ1v) is 6.11. The Morgan fingerprint density at radius 1 is 1.20 bits per heavy atom. The quantitative estimate of drug-likeness (QED) is 0.910. The monoisotopic (exact) mass is 296 g/mol. The van der Waals surface area contributed by atoms with Crippen LogP contribution in [0.25, 0.3) is 0 Å². The van der Waals surface area contributed by atoms with Crippen LogP contribution in [0.4, 0.5) is 14.5 Å². The molecule has 1 atom stereocenters. The largest absolute Gasteiger partial charge is 0.370 e. The third kappa shape index (κ3) is 3.24. The van der Waals surface area contributed by atoms with E-state index in [-0.39, 0.29) is 10.6 Å². The zero-order chi connectivity index (χ0) is 14.7. The molecule has 20 heavy (non-hydrogen) atoms. The van der Waals surface area contributed by atoms with E-state index in [2.05, 4.69) is 5.32 Å². The van der Waals surface area contributed by atoms with Crippen LogP contribution in [0.3, 0.4) is 0 Å². The summed E-state index contributed by atoms with van der Waals surface area (Å²) in [5, 5.41) is 2.91. The van der Waals surface area contributed by atoms with Gasteiger partial charge in [-0.15, -0.1) is 0 Å². The molecule has 2 aromatic carbocycles. The highest BCUT2D eigenvalue weighted by molar-refractivity contribution is 6.30. The maximum absolute atomic E-state index is 13.8. The summed E-state index contributed by atoms with van der Waals surface area (Å²) in [6, 6.07) is 8.23. The Kier molecular flexibility index (Phi) is 4.20.